The number of benzene rings is 1. The first-order valence-corrected chi connectivity index (χ1v) is 6.24. The van der Waals surface area contributed by atoms with Crippen molar-refractivity contribution in [1.29, 1.82) is 0 Å². The molecule has 0 unspecified atom stereocenters. The smallest absolute Gasteiger partial charge is 0.104 e. The molecule has 1 aromatic heterocycles. The van der Waals surface area contributed by atoms with Crippen molar-refractivity contribution < 1.29 is 0 Å². The maximum atomic E-state index is 6.14. The van der Waals surface area contributed by atoms with E-state index in [1.165, 1.54) is 0 Å². The first-order valence-electron chi connectivity index (χ1n) is 4.38. The van der Waals surface area contributed by atoms with E-state index in [2.05, 4.69) is 27.7 Å². The molecule has 2 aromatic rings. The third-order valence-corrected chi connectivity index (χ3v) is 3.13. The topological polar surface area (TPSA) is 43.8 Å². The minimum Gasteiger partial charge on any atom is -0.389 e. The fraction of sp³-hybridized carbons (Fsp3) is 0. The highest BCUT2D eigenvalue weighted by molar-refractivity contribution is 14.1. The molecule has 6 heteroatoms. The molecule has 0 saturated carbocycles. The Morgan fingerprint density at radius 2 is 2.25 bits per heavy atom. The van der Waals surface area contributed by atoms with Crippen LogP contribution >= 0.6 is 46.4 Å². The second-order valence-corrected chi connectivity index (χ2v) is 5.23. The molecule has 0 atom stereocenters. The number of hydrogen-bond acceptors (Lipinski definition) is 2. The zero-order chi connectivity index (χ0) is 11.7. The Kier molecular flexibility index (Phi) is 3.46. The molecule has 1 aromatic carbocycles. The molecule has 0 saturated heterocycles. The molecule has 0 fully saturated rings. The molecule has 0 amide bonds. The fourth-order valence-corrected chi connectivity index (χ4v) is 2.06. The van der Waals surface area contributed by atoms with Gasteiger partial charge in [0.15, 0.2) is 0 Å². The van der Waals surface area contributed by atoms with Gasteiger partial charge in [0.25, 0.3) is 0 Å². The van der Waals surface area contributed by atoms with Crippen molar-refractivity contribution >= 4 is 51.4 Å². The van der Waals surface area contributed by atoms with Crippen LogP contribution in [0.4, 0.5) is 0 Å². The molecule has 2 N–H and O–H groups in total. The average molecular weight is 364 g/mol. The summed E-state index contributed by atoms with van der Waals surface area (Å²) in [5.41, 5.74) is 7.09. The fourth-order valence-electron chi connectivity index (χ4n) is 1.28. The Bertz CT molecular complexity index is 553. The maximum Gasteiger partial charge on any atom is 0.104 e. The lowest BCUT2D eigenvalue weighted by Crippen LogP contribution is -2.09. The van der Waals surface area contributed by atoms with Gasteiger partial charge in [-0.15, -0.1) is 0 Å². The highest BCUT2D eigenvalue weighted by Gasteiger charge is 2.06. The van der Waals surface area contributed by atoms with Crippen LogP contribution in [0.2, 0.25) is 5.02 Å². The monoisotopic (exact) mass is 363 g/mol. The van der Waals surface area contributed by atoms with Crippen LogP contribution in [0.3, 0.4) is 0 Å². The van der Waals surface area contributed by atoms with E-state index in [0.717, 1.165) is 14.8 Å². The zero-order valence-electron chi connectivity index (χ0n) is 8.02. The molecule has 0 spiro atoms. The molecule has 0 aliphatic heterocycles. The van der Waals surface area contributed by atoms with Crippen LogP contribution in [0.15, 0.2) is 30.6 Å². The van der Waals surface area contributed by atoms with Crippen LogP contribution in [0.5, 0.6) is 0 Å². The number of thiocarbonyl (C=S) groups is 1. The molecule has 0 radical (unpaired) electrons. The number of aromatic nitrogens is 2. The van der Waals surface area contributed by atoms with Crippen molar-refractivity contribution in [1.82, 2.24) is 9.78 Å². The van der Waals surface area contributed by atoms with Crippen LogP contribution in [0, 0.1) is 3.57 Å². The van der Waals surface area contributed by atoms with E-state index in [4.69, 9.17) is 29.6 Å². The third kappa shape index (κ3) is 2.36. The summed E-state index contributed by atoms with van der Waals surface area (Å²) >= 11 is 13.2. The second kappa shape index (κ2) is 4.68. The van der Waals surface area contributed by atoms with Crippen LogP contribution in [0.1, 0.15) is 5.56 Å². The van der Waals surface area contributed by atoms with Crippen molar-refractivity contribution in [3.63, 3.8) is 0 Å². The van der Waals surface area contributed by atoms with E-state index in [9.17, 15) is 0 Å². The van der Waals surface area contributed by atoms with Crippen molar-refractivity contribution in [2.24, 2.45) is 5.73 Å². The van der Waals surface area contributed by atoms with E-state index in [1.54, 1.807) is 16.9 Å². The molecule has 0 aliphatic carbocycles. The van der Waals surface area contributed by atoms with Gasteiger partial charge in [-0.05, 0) is 40.8 Å². The van der Waals surface area contributed by atoms with Gasteiger partial charge in [0, 0.05) is 11.8 Å². The predicted molar refractivity (Wildman–Crippen MR) is 77.2 cm³/mol. The minimum atomic E-state index is 0.337. The van der Waals surface area contributed by atoms with Gasteiger partial charge >= 0.3 is 0 Å². The quantitative estimate of drug-likeness (QED) is 0.659. The molecular formula is C10H7ClIN3S. The summed E-state index contributed by atoms with van der Waals surface area (Å²) in [4.78, 5) is 0.337. The molecule has 3 nitrogen and oxygen atoms in total. The lowest BCUT2D eigenvalue weighted by Gasteiger charge is -2.06. The molecule has 16 heavy (non-hydrogen) atoms. The van der Waals surface area contributed by atoms with Crippen molar-refractivity contribution in [3.05, 3.63) is 44.7 Å². The summed E-state index contributed by atoms with van der Waals surface area (Å²) in [5, 5.41) is 4.76. The Labute approximate surface area is 117 Å². The first-order chi connectivity index (χ1) is 7.58. The lowest BCUT2D eigenvalue weighted by atomic mass is 10.2. The van der Waals surface area contributed by atoms with E-state index in [-0.39, 0.29) is 0 Å². The molecule has 2 rings (SSSR count). The number of nitrogens with two attached hydrogens (primary N) is 1. The average Bonchev–Trinajstić information content (AvgIpc) is 2.64. The van der Waals surface area contributed by atoms with Crippen molar-refractivity contribution in [2.45, 2.75) is 0 Å². The van der Waals surface area contributed by atoms with Gasteiger partial charge in [-0.3, -0.25) is 0 Å². The summed E-state index contributed by atoms with van der Waals surface area (Å²) in [6, 6.07) is 5.42. The Morgan fingerprint density at radius 1 is 1.50 bits per heavy atom. The third-order valence-electron chi connectivity index (χ3n) is 2.03. The summed E-state index contributed by atoms with van der Waals surface area (Å²) in [5.74, 6) is 0. The Balaban J connectivity index is 2.47. The standard InChI is InChI=1S/C10H7ClIN3S/c11-8-3-6(10(13)16)1-2-9(8)15-5-7(12)4-14-15/h1-5H,(H2,13,16). The molecule has 1 heterocycles. The lowest BCUT2D eigenvalue weighted by molar-refractivity contribution is 0.880. The van der Waals surface area contributed by atoms with Crippen molar-refractivity contribution in [2.75, 3.05) is 0 Å². The van der Waals surface area contributed by atoms with E-state index < -0.39 is 0 Å². The minimum absolute atomic E-state index is 0.337. The Morgan fingerprint density at radius 3 is 2.75 bits per heavy atom. The van der Waals surface area contributed by atoms with Gasteiger partial charge in [0.2, 0.25) is 0 Å². The maximum absolute atomic E-state index is 6.14. The molecular weight excluding hydrogens is 357 g/mol. The van der Waals surface area contributed by atoms with Gasteiger partial charge in [-0.2, -0.15) is 5.10 Å². The summed E-state index contributed by atoms with van der Waals surface area (Å²) < 4.78 is 2.76. The number of rotatable bonds is 2. The Hall–Kier alpha value is -0.660. The van der Waals surface area contributed by atoms with Gasteiger partial charge in [-0.25, -0.2) is 4.68 Å². The van der Waals surface area contributed by atoms with Crippen LogP contribution in [0.25, 0.3) is 5.69 Å². The highest BCUT2D eigenvalue weighted by Crippen LogP contribution is 2.22. The molecule has 0 bridgehead atoms. The van der Waals surface area contributed by atoms with Gasteiger partial charge in [0.1, 0.15) is 4.99 Å². The van der Waals surface area contributed by atoms with Gasteiger partial charge < -0.3 is 5.73 Å². The largest absolute Gasteiger partial charge is 0.389 e. The molecule has 0 aliphatic rings. The predicted octanol–water partition coefficient (Wildman–Crippen LogP) is 2.76. The van der Waals surface area contributed by atoms with Crippen molar-refractivity contribution in [3.8, 4) is 5.69 Å². The van der Waals surface area contributed by atoms with Crippen LogP contribution in [-0.2, 0) is 0 Å². The van der Waals surface area contributed by atoms with E-state index in [0.29, 0.717) is 10.0 Å². The van der Waals surface area contributed by atoms with Gasteiger partial charge in [0.05, 0.1) is 20.5 Å². The zero-order valence-corrected chi connectivity index (χ0v) is 11.8. The van der Waals surface area contributed by atoms with E-state index in [1.807, 2.05) is 18.3 Å². The normalized spacial score (nSPS) is 10.4. The number of halogens is 2. The summed E-state index contributed by atoms with van der Waals surface area (Å²) in [7, 11) is 0. The number of hydrogen-bond donors (Lipinski definition) is 1. The molecule has 82 valence electrons. The first kappa shape index (κ1) is 11.8. The highest BCUT2D eigenvalue weighted by atomic mass is 127. The number of nitrogens with zero attached hydrogens (tertiary/aromatic N) is 2. The SMILES string of the molecule is NC(=S)c1ccc(-n2cc(I)cn2)c(Cl)c1. The van der Waals surface area contributed by atoms with E-state index >= 15 is 0 Å². The van der Waals surface area contributed by atoms with Crippen LogP contribution in [-0.4, -0.2) is 14.8 Å². The van der Waals surface area contributed by atoms with Crippen LogP contribution < -0.4 is 5.73 Å². The second-order valence-electron chi connectivity index (χ2n) is 3.13. The summed E-state index contributed by atoms with van der Waals surface area (Å²) in [6.45, 7) is 0. The summed E-state index contributed by atoms with van der Waals surface area (Å²) in [6.07, 6.45) is 3.65. The van der Waals surface area contributed by atoms with Gasteiger partial charge in [-0.1, -0.05) is 23.8 Å².